The van der Waals surface area contributed by atoms with Gasteiger partial charge in [0, 0.05) is 18.2 Å². The van der Waals surface area contributed by atoms with Gasteiger partial charge in [-0.1, -0.05) is 10.3 Å². The molecule has 35 heavy (non-hydrogen) atoms. The second-order valence-corrected chi connectivity index (χ2v) is 8.28. The van der Waals surface area contributed by atoms with Crippen LogP contribution in [-0.2, 0) is 9.68 Å². The maximum Gasteiger partial charge on any atom is 0.173 e. The lowest BCUT2D eigenvalue weighted by molar-refractivity contribution is 0.135. The molecule has 0 amide bonds. The molecule has 0 radical (unpaired) electrons. The summed E-state index contributed by atoms with van der Waals surface area (Å²) < 4.78 is 25.8. The van der Waals surface area contributed by atoms with Gasteiger partial charge < -0.3 is 35.5 Å². The van der Waals surface area contributed by atoms with E-state index < -0.39 is 5.82 Å². The fraction of sp³-hybridized carbons (Fsp3) is 0.440. The lowest BCUT2D eigenvalue weighted by atomic mass is 9.98. The highest BCUT2D eigenvalue weighted by atomic mass is 19.1. The first-order valence-corrected chi connectivity index (χ1v) is 11.6. The van der Waals surface area contributed by atoms with Crippen molar-refractivity contribution in [3.05, 3.63) is 59.4 Å². The van der Waals surface area contributed by atoms with Gasteiger partial charge in [0.15, 0.2) is 11.7 Å². The van der Waals surface area contributed by atoms with E-state index in [0.29, 0.717) is 30.7 Å². The summed E-state index contributed by atoms with van der Waals surface area (Å²) in [6.45, 7) is 4.20. The van der Waals surface area contributed by atoms with Crippen molar-refractivity contribution in [2.75, 3.05) is 47.1 Å². The Morgan fingerprint density at radius 2 is 1.60 bits per heavy atom. The number of rotatable bonds is 12. The largest absolute Gasteiger partial charge is 0.493 e. The highest BCUT2D eigenvalue weighted by molar-refractivity contribution is 5.97. The van der Waals surface area contributed by atoms with E-state index >= 15 is 0 Å². The number of hydrogen-bond donors (Lipinski definition) is 2. The van der Waals surface area contributed by atoms with Crippen molar-refractivity contribution in [3.63, 3.8) is 0 Å². The highest BCUT2D eigenvalue weighted by Gasteiger charge is 2.19. The molecule has 190 valence electrons. The number of piperidine rings is 1. The van der Waals surface area contributed by atoms with Crippen molar-refractivity contribution in [2.24, 2.45) is 27.7 Å². The summed E-state index contributed by atoms with van der Waals surface area (Å²) in [6.07, 6.45) is 3.03. The summed E-state index contributed by atoms with van der Waals surface area (Å²) >= 11 is 0. The topological polar surface area (TPSA) is 117 Å². The molecule has 4 N–H and O–H groups in total. The Morgan fingerprint density at radius 1 is 0.943 bits per heavy atom. The van der Waals surface area contributed by atoms with E-state index in [-0.39, 0.29) is 11.4 Å². The number of nitrogens with zero attached hydrogens (tertiary/aromatic N) is 3. The fourth-order valence-corrected chi connectivity index (χ4v) is 3.88. The molecule has 10 heteroatoms. The Bertz CT molecular complexity index is 992. The van der Waals surface area contributed by atoms with Gasteiger partial charge >= 0.3 is 0 Å². The predicted octanol–water partition coefficient (Wildman–Crippen LogP) is 2.92. The predicted molar refractivity (Wildman–Crippen MR) is 133 cm³/mol. The third-order valence-electron chi connectivity index (χ3n) is 5.83. The average Bonchev–Trinajstić information content (AvgIpc) is 2.86. The standard InChI is InChI=1S/C25H34FN5O4/c1-32-29-24(27)19-4-6-20(7-5-19)35-17-18-10-13-31(14-11-18)12-3-15-34-21-8-9-22(23(26)16-21)25(28)30-33-2/h4-9,16,18H,3,10-15,17H2,1-2H3,(H2,27,29)(H2,28,30). The third-order valence-corrected chi connectivity index (χ3v) is 5.83. The van der Waals surface area contributed by atoms with Crippen LogP contribution in [0.3, 0.4) is 0 Å². The summed E-state index contributed by atoms with van der Waals surface area (Å²) in [4.78, 5) is 11.7. The molecule has 1 heterocycles. The molecule has 1 fully saturated rings. The van der Waals surface area contributed by atoms with Gasteiger partial charge in [-0.3, -0.25) is 0 Å². The molecular formula is C25H34FN5O4. The first-order chi connectivity index (χ1) is 17.0. The van der Waals surface area contributed by atoms with Crippen molar-refractivity contribution in [1.29, 1.82) is 0 Å². The monoisotopic (exact) mass is 487 g/mol. The SMILES string of the molecule is CON=C(N)c1ccc(OCC2CCN(CCCOc3ccc(C(N)=NOC)c(F)c3)CC2)cc1. The molecule has 0 bridgehead atoms. The summed E-state index contributed by atoms with van der Waals surface area (Å²) in [6, 6.07) is 12.0. The first kappa shape index (κ1) is 26.1. The highest BCUT2D eigenvalue weighted by Crippen LogP contribution is 2.21. The van der Waals surface area contributed by atoms with Crippen LogP contribution < -0.4 is 20.9 Å². The first-order valence-electron chi connectivity index (χ1n) is 11.6. The van der Waals surface area contributed by atoms with E-state index in [2.05, 4.69) is 20.0 Å². The Balaban J connectivity index is 1.32. The van der Waals surface area contributed by atoms with Crippen molar-refractivity contribution in [1.82, 2.24) is 4.90 Å². The van der Waals surface area contributed by atoms with E-state index in [1.165, 1.54) is 26.4 Å². The molecule has 1 saturated heterocycles. The van der Waals surface area contributed by atoms with Gasteiger partial charge in [-0.15, -0.1) is 0 Å². The lowest BCUT2D eigenvalue weighted by Gasteiger charge is -2.31. The molecule has 1 aliphatic rings. The van der Waals surface area contributed by atoms with E-state index in [4.69, 9.17) is 25.8 Å². The molecule has 1 aliphatic heterocycles. The third kappa shape index (κ3) is 8.03. The van der Waals surface area contributed by atoms with E-state index in [1.807, 2.05) is 24.3 Å². The minimum atomic E-state index is -0.495. The van der Waals surface area contributed by atoms with E-state index in [1.54, 1.807) is 6.07 Å². The second-order valence-electron chi connectivity index (χ2n) is 8.28. The number of amidine groups is 2. The maximum absolute atomic E-state index is 14.2. The molecule has 2 aromatic carbocycles. The Labute approximate surface area is 205 Å². The number of oxime groups is 2. The van der Waals surface area contributed by atoms with Gasteiger partial charge in [-0.05, 0) is 74.7 Å². The minimum Gasteiger partial charge on any atom is -0.493 e. The number of benzene rings is 2. The van der Waals surface area contributed by atoms with Crippen molar-refractivity contribution in [3.8, 4) is 11.5 Å². The van der Waals surface area contributed by atoms with Crippen LogP contribution in [0.1, 0.15) is 30.4 Å². The van der Waals surface area contributed by atoms with Crippen LogP contribution in [0.15, 0.2) is 52.8 Å². The van der Waals surface area contributed by atoms with Crippen LogP contribution in [0.25, 0.3) is 0 Å². The molecule has 0 aromatic heterocycles. The number of halogens is 1. The van der Waals surface area contributed by atoms with Crippen LogP contribution in [0.5, 0.6) is 11.5 Å². The number of likely N-dealkylation sites (tertiary alicyclic amines) is 1. The zero-order valence-electron chi connectivity index (χ0n) is 20.3. The van der Waals surface area contributed by atoms with Gasteiger partial charge in [0.1, 0.15) is 31.5 Å². The number of ether oxygens (including phenoxy) is 2. The maximum atomic E-state index is 14.2. The van der Waals surface area contributed by atoms with Gasteiger partial charge in [0.2, 0.25) is 0 Å². The zero-order valence-corrected chi connectivity index (χ0v) is 20.3. The van der Waals surface area contributed by atoms with Crippen molar-refractivity contribution in [2.45, 2.75) is 19.3 Å². The van der Waals surface area contributed by atoms with Crippen LogP contribution >= 0.6 is 0 Å². The molecule has 0 unspecified atom stereocenters. The molecule has 0 aliphatic carbocycles. The molecule has 0 spiro atoms. The molecule has 0 saturated carbocycles. The Morgan fingerprint density at radius 3 is 2.26 bits per heavy atom. The summed E-state index contributed by atoms with van der Waals surface area (Å²) in [7, 11) is 2.82. The average molecular weight is 488 g/mol. The lowest BCUT2D eigenvalue weighted by Crippen LogP contribution is -2.36. The van der Waals surface area contributed by atoms with Gasteiger partial charge in [0.25, 0.3) is 0 Å². The van der Waals surface area contributed by atoms with Crippen LogP contribution in [0.2, 0.25) is 0 Å². The molecule has 0 atom stereocenters. The second kappa shape index (κ2) is 13.4. The Hall–Kier alpha value is -3.53. The molecular weight excluding hydrogens is 453 g/mol. The van der Waals surface area contributed by atoms with Gasteiger partial charge in [-0.25, -0.2) is 4.39 Å². The summed E-state index contributed by atoms with van der Waals surface area (Å²) in [5.41, 5.74) is 12.4. The van der Waals surface area contributed by atoms with Crippen LogP contribution in [0.4, 0.5) is 4.39 Å². The fourth-order valence-electron chi connectivity index (χ4n) is 3.88. The van der Waals surface area contributed by atoms with Gasteiger partial charge in [0.05, 0.1) is 18.8 Å². The zero-order chi connectivity index (χ0) is 25.0. The quantitative estimate of drug-likeness (QED) is 0.205. The van der Waals surface area contributed by atoms with Gasteiger partial charge in [-0.2, -0.15) is 0 Å². The molecule has 9 nitrogen and oxygen atoms in total. The number of nitrogens with two attached hydrogens (primary N) is 2. The normalized spacial score (nSPS) is 15.6. The van der Waals surface area contributed by atoms with Crippen LogP contribution in [-0.4, -0.2) is 63.6 Å². The summed E-state index contributed by atoms with van der Waals surface area (Å²) in [5.74, 6) is 1.63. The smallest absolute Gasteiger partial charge is 0.173 e. The Kier molecular flexibility index (Phi) is 9.97. The van der Waals surface area contributed by atoms with E-state index in [9.17, 15) is 4.39 Å². The molecule has 3 rings (SSSR count). The van der Waals surface area contributed by atoms with Crippen molar-refractivity contribution >= 4 is 11.7 Å². The number of hydrogen-bond acceptors (Lipinski definition) is 7. The minimum absolute atomic E-state index is 0.0126. The summed E-state index contributed by atoms with van der Waals surface area (Å²) in [5, 5.41) is 7.27. The van der Waals surface area contributed by atoms with Crippen molar-refractivity contribution < 1.29 is 23.5 Å². The molecule has 2 aromatic rings. The van der Waals surface area contributed by atoms with Crippen LogP contribution in [0, 0.1) is 11.7 Å². The van der Waals surface area contributed by atoms with E-state index in [0.717, 1.165) is 50.2 Å².